The van der Waals surface area contributed by atoms with E-state index in [2.05, 4.69) is 12.2 Å². The number of hydrogen-bond donors (Lipinski definition) is 1. The summed E-state index contributed by atoms with van der Waals surface area (Å²) in [6, 6.07) is 14.1. The molecule has 0 saturated carbocycles. The van der Waals surface area contributed by atoms with Crippen molar-refractivity contribution in [3.05, 3.63) is 59.7 Å². The van der Waals surface area contributed by atoms with Crippen LogP contribution in [0, 0.1) is 0 Å². The highest BCUT2D eigenvalue weighted by Crippen LogP contribution is 2.17. The highest BCUT2D eigenvalue weighted by Gasteiger charge is 2.15. The van der Waals surface area contributed by atoms with E-state index in [0.29, 0.717) is 19.7 Å². The molecule has 0 aliphatic rings. The van der Waals surface area contributed by atoms with Crippen LogP contribution in [-0.4, -0.2) is 45.4 Å². The SMILES string of the molecule is CCc1cccc(NC(=O)N(CCOC)Cc2ccc(OS(=O)(=O)CC)cc2)c1. The molecule has 0 bridgehead atoms. The Morgan fingerprint density at radius 1 is 1.07 bits per heavy atom. The molecular formula is C21H28N2O5S. The second-order valence-electron chi connectivity index (χ2n) is 6.47. The molecule has 8 heteroatoms. The fourth-order valence-electron chi connectivity index (χ4n) is 2.60. The maximum Gasteiger partial charge on any atom is 0.322 e. The number of ether oxygens (including phenoxy) is 1. The van der Waals surface area contributed by atoms with Gasteiger partial charge in [0.25, 0.3) is 0 Å². The number of aryl methyl sites for hydroxylation is 1. The fourth-order valence-corrected chi connectivity index (χ4v) is 3.12. The molecule has 0 aliphatic carbocycles. The predicted molar refractivity (Wildman–Crippen MR) is 114 cm³/mol. The third kappa shape index (κ3) is 7.40. The zero-order chi connectivity index (χ0) is 21.3. The van der Waals surface area contributed by atoms with Gasteiger partial charge in [-0.15, -0.1) is 0 Å². The number of hydrogen-bond acceptors (Lipinski definition) is 5. The van der Waals surface area contributed by atoms with E-state index in [1.165, 1.54) is 6.92 Å². The van der Waals surface area contributed by atoms with Crippen molar-refractivity contribution in [2.45, 2.75) is 26.8 Å². The van der Waals surface area contributed by atoms with E-state index < -0.39 is 10.1 Å². The Morgan fingerprint density at radius 2 is 1.79 bits per heavy atom. The van der Waals surface area contributed by atoms with Gasteiger partial charge >= 0.3 is 16.1 Å². The minimum atomic E-state index is -3.57. The Kier molecular flexibility index (Phi) is 8.48. The fraction of sp³-hybridized carbons (Fsp3) is 0.381. The molecule has 0 radical (unpaired) electrons. The van der Waals surface area contributed by atoms with Gasteiger partial charge in [0.2, 0.25) is 0 Å². The number of nitrogens with one attached hydrogen (secondary N) is 1. The quantitative estimate of drug-likeness (QED) is 0.593. The van der Waals surface area contributed by atoms with Crippen molar-refractivity contribution in [3.63, 3.8) is 0 Å². The highest BCUT2D eigenvalue weighted by atomic mass is 32.2. The van der Waals surface area contributed by atoms with Gasteiger partial charge in [-0.05, 0) is 48.7 Å². The van der Waals surface area contributed by atoms with Crippen LogP contribution in [0.3, 0.4) is 0 Å². The Balaban J connectivity index is 2.08. The lowest BCUT2D eigenvalue weighted by molar-refractivity contribution is 0.153. The number of urea groups is 1. The van der Waals surface area contributed by atoms with Crippen LogP contribution in [0.4, 0.5) is 10.5 Å². The van der Waals surface area contributed by atoms with E-state index in [0.717, 1.165) is 23.2 Å². The topological polar surface area (TPSA) is 84.9 Å². The molecule has 0 heterocycles. The van der Waals surface area contributed by atoms with Crippen molar-refractivity contribution >= 4 is 21.8 Å². The first kappa shape index (κ1) is 22.7. The van der Waals surface area contributed by atoms with E-state index in [1.54, 1.807) is 36.3 Å². The van der Waals surface area contributed by atoms with Crippen LogP contribution in [0.2, 0.25) is 0 Å². The van der Waals surface area contributed by atoms with Gasteiger partial charge in [0.05, 0.1) is 12.4 Å². The Morgan fingerprint density at radius 3 is 2.41 bits per heavy atom. The molecule has 0 saturated heterocycles. The van der Waals surface area contributed by atoms with Gasteiger partial charge in [-0.25, -0.2) is 4.79 Å². The molecular weight excluding hydrogens is 392 g/mol. The van der Waals surface area contributed by atoms with E-state index >= 15 is 0 Å². The summed E-state index contributed by atoms with van der Waals surface area (Å²) in [5.74, 6) is 0.152. The maximum absolute atomic E-state index is 12.8. The largest absolute Gasteiger partial charge is 0.383 e. The molecule has 0 fully saturated rings. The van der Waals surface area contributed by atoms with E-state index in [9.17, 15) is 13.2 Å². The van der Waals surface area contributed by atoms with Crippen LogP contribution in [0.5, 0.6) is 5.75 Å². The second kappa shape index (κ2) is 10.8. The number of carbonyl (C=O) groups is 1. The van der Waals surface area contributed by atoms with E-state index in [-0.39, 0.29) is 17.5 Å². The van der Waals surface area contributed by atoms with Gasteiger partial charge in [0.15, 0.2) is 0 Å². The lowest BCUT2D eigenvalue weighted by Gasteiger charge is -2.23. The van der Waals surface area contributed by atoms with Gasteiger partial charge in [0, 0.05) is 25.9 Å². The van der Waals surface area contributed by atoms with Gasteiger partial charge < -0.3 is 19.1 Å². The molecule has 0 spiro atoms. The lowest BCUT2D eigenvalue weighted by atomic mass is 10.1. The second-order valence-corrected chi connectivity index (χ2v) is 8.33. The van der Waals surface area contributed by atoms with Crippen LogP contribution < -0.4 is 9.50 Å². The smallest absolute Gasteiger partial charge is 0.322 e. The predicted octanol–water partition coefficient (Wildman–Crippen LogP) is 3.66. The molecule has 7 nitrogen and oxygen atoms in total. The van der Waals surface area contributed by atoms with Crippen molar-refractivity contribution < 1.29 is 22.1 Å². The van der Waals surface area contributed by atoms with Crippen LogP contribution in [-0.2, 0) is 27.8 Å². The summed E-state index contributed by atoms with van der Waals surface area (Å²) in [6.07, 6.45) is 0.888. The number of rotatable bonds is 10. The van der Waals surface area contributed by atoms with Gasteiger partial charge in [-0.3, -0.25) is 0 Å². The molecule has 0 atom stereocenters. The summed E-state index contributed by atoms with van der Waals surface area (Å²) in [7, 11) is -1.98. The number of methoxy groups -OCH3 is 1. The van der Waals surface area contributed by atoms with Crippen LogP contribution >= 0.6 is 0 Å². The van der Waals surface area contributed by atoms with Crippen LogP contribution in [0.15, 0.2) is 48.5 Å². The third-order valence-corrected chi connectivity index (χ3v) is 5.47. The first-order chi connectivity index (χ1) is 13.9. The van der Waals surface area contributed by atoms with Crippen molar-refractivity contribution in [1.82, 2.24) is 4.90 Å². The Bertz CT molecular complexity index is 898. The van der Waals surface area contributed by atoms with Crippen molar-refractivity contribution in [1.29, 1.82) is 0 Å². The lowest BCUT2D eigenvalue weighted by Crippen LogP contribution is -2.36. The first-order valence-electron chi connectivity index (χ1n) is 9.51. The molecule has 158 valence electrons. The average Bonchev–Trinajstić information content (AvgIpc) is 2.72. The number of nitrogens with zero attached hydrogens (tertiary/aromatic N) is 1. The van der Waals surface area contributed by atoms with E-state index in [1.807, 2.05) is 24.3 Å². The van der Waals surface area contributed by atoms with Crippen molar-refractivity contribution in [2.24, 2.45) is 0 Å². The zero-order valence-electron chi connectivity index (χ0n) is 17.1. The van der Waals surface area contributed by atoms with Gasteiger partial charge in [0.1, 0.15) is 5.75 Å². The van der Waals surface area contributed by atoms with Crippen LogP contribution in [0.1, 0.15) is 25.0 Å². The minimum absolute atomic E-state index is 0.0983. The minimum Gasteiger partial charge on any atom is -0.383 e. The molecule has 1 N–H and O–H groups in total. The molecule has 0 unspecified atom stereocenters. The summed E-state index contributed by atoms with van der Waals surface area (Å²) in [5.41, 5.74) is 2.73. The highest BCUT2D eigenvalue weighted by molar-refractivity contribution is 7.87. The Labute approximate surface area is 172 Å². The summed E-state index contributed by atoms with van der Waals surface area (Å²) >= 11 is 0. The molecule has 2 amide bonds. The summed E-state index contributed by atoms with van der Waals surface area (Å²) in [4.78, 5) is 14.4. The molecule has 2 rings (SSSR count). The molecule has 29 heavy (non-hydrogen) atoms. The third-order valence-electron chi connectivity index (χ3n) is 4.31. The monoisotopic (exact) mass is 420 g/mol. The number of carbonyl (C=O) groups excluding carboxylic acids is 1. The molecule has 0 aliphatic heterocycles. The normalized spacial score (nSPS) is 11.1. The molecule has 0 aromatic heterocycles. The zero-order valence-corrected chi connectivity index (χ0v) is 17.9. The Hall–Kier alpha value is -2.58. The summed E-state index contributed by atoms with van der Waals surface area (Å²) in [5, 5.41) is 2.92. The number of amides is 2. The number of anilines is 1. The van der Waals surface area contributed by atoms with Crippen molar-refractivity contribution in [2.75, 3.05) is 31.3 Å². The number of benzene rings is 2. The molecule has 2 aromatic rings. The van der Waals surface area contributed by atoms with E-state index in [4.69, 9.17) is 8.92 Å². The average molecular weight is 421 g/mol. The first-order valence-corrected chi connectivity index (χ1v) is 11.1. The maximum atomic E-state index is 12.8. The molecule has 2 aromatic carbocycles. The summed E-state index contributed by atoms with van der Waals surface area (Å²) < 4.78 is 33.2. The van der Waals surface area contributed by atoms with Crippen LogP contribution in [0.25, 0.3) is 0 Å². The standard InChI is InChI=1S/C21H28N2O5S/c1-4-17-7-6-8-19(15-17)22-21(24)23(13-14-27-3)16-18-9-11-20(12-10-18)28-29(25,26)5-2/h6-12,15H,4-5,13-14,16H2,1-3H3,(H,22,24). The van der Waals surface area contributed by atoms with Crippen molar-refractivity contribution in [3.8, 4) is 5.75 Å². The summed E-state index contributed by atoms with van der Waals surface area (Å²) in [6.45, 7) is 4.75. The van der Waals surface area contributed by atoms with Gasteiger partial charge in [-0.2, -0.15) is 8.42 Å². The van der Waals surface area contributed by atoms with Gasteiger partial charge in [-0.1, -0.05) is 31.2 Å².